The van der Waals surface area contributed by atoms with Gasteiger partial charge in [0.15, 0.2) is 5.78 Å². The Morgan fingerprint density at radius 2 is 1.96 bits per heavy atom. The summed E-state index contributed by atoms with van der Waals surface area (Å²) in [5.74, 6) is 1.29. The molecule has 0 amide bonds. The summed E-state index contributed by atoms with van der Waals surface area (Å²) in [6.07, 6.45) is 11.5. The molecule has 0 aromatic heterocycles. The minimum absolute atomic E-state index is 0.0352. The van der Waals surface area contributed by atoms with E-state index >= 15 is 0 Å². The van der Waals surface area contributed by atoms with Crippen molar-refractivity contribution in [1.29, 1.82) is 0 Å². The molecular weight excluding hydrogens is 324 g/mol. The Bertz CT molecular complexity index is 802. The van der Waals surface area contributed by atoms with E-state index in [1.54, 1.807) is 5.57 Å². The van der Waals surface area contributed by atoms with E-state index in [0.717, 1.165) is 44.1 Å². The van der Waals surface area contributed by atoms with Crippen molar-refractivity contribution in [2.75, 3.05) is 0 Å². The highest BCUT2D eigenvalue weighted by Crippen LogP contribution is 2.68. The summed E-state index contributed by atoms with van der Waals surface area (Å²) in [7, 11) is 0. The van der Waals surface area contributed by atoms with Gasteiger partial charge in [0.2, 0.25) is 0 Å². The molecule has 138 valence electrons. The predicted octanol–water partition coefficient (Wildman–Crippen LogP) is 4.68. The fourth-order valence-corrected chi connectivity index (χ4v) is 7.22. The molecule has 4 aliphatic carbocycles. The van der Waals surface area contributed by atoms with Crippen LogP contribution in [0, 0.1) is 22.7 Å². The average Bonchev–Trinajstić information content (AvgIpc) is 3.05. The van der Waals surface area contributed by atoms with Gasteiger partial charge in [0, 0.05) is 17.3 Å². The lowest BCUT2D eigenvalue weighted by molar-refractivity contribution is -0.157. The Morgan fingerprint density at radius 1 is 1.15 bits per heavy atom. The normalized spacial score (nSPS) is 47.1. The van der Waals surface area contributed by atoms with Crippen LogP contribution in [0.15, 0.2) is 35.5 Å². The predicted molar refractivity (Wildman–Crippen MR) is 99.3 cm³/mol. The highest BCUT2D eigenvalue weighted by molar-refractivity contribution is 5.92. The molecule has 4 unspecified atom stereocenters. The summed E-state index contributed by atoms with van der Waals surface area (Å²) in [6.45, 7) is 8.94. The highest BCUT2D eigenvalue weighted by atomic mass is 16.6. The van der Waals surface area contributed by atoms with Crippen molar-refractivity contribution in [3.63, 3.8) is 0 Å². The first-order chi connectivity index (χ1) is 12.3. The van der Waals surface area contributed by atoms with E-state index in [0.29, 0.717) is 30.5 Å². The molecule has 3 nitrogen and oxygen atoms in total. The van der Waals surface area contributed by atoms with Crippen LogP contribution in [-0.2, 0) is 14.3 Å². The van der Waals surface area contributed by atoms with Crippen LogP contribution in [0.2, 0.25) is 0 Å². The first-order valence-electron chi connectivity index (χ1n) is 10.1. The zero-order chi connectivity index (χ0) is 18.3. The number of carbonyl (C=O) groups is 2. The van der Waals surface area contributed by atoms with Gasteiger partial charge in [-0.05, 0) is 62.0 Å². The van der Waals surface area contributed by atoms with Crippen LogP contribution in [0.3, 0.4) is 0 Å². The van der Waals surface area contributed by atoms with Crippen LogP contribution in [0.5, 0.6) is 0 Å². The molecule has 5 aliphatic rings. The van der Waals surface area contributed by atoms with E-state index in [9.17, 15) is 9.59 Å². The zero-order valence-corrected chi connectivity index (χ0v) is 15.9. The fraction of sp³-hybridized carbons (Fsp3) is 0.652. The van der Waals surface area contributed by atoms with Crippen LogP contribution in [-0.4, -0.2) is 17.4 Å². The monoisotopic (exact) mass is 352 g/mol. The van der Waals surface area contributed by atoms with Crippen LogP contribution in [0.4, 0.5) is 0 Å². The number of allylic oxidation sites excluding steroid dienone is 4. The van der Waals surface area contributed by atoms with Crippen LogP contribution in [0.25, 0.3) is 0 Å². The third-order valence-corrected chi connectivity index (χ3v) is 8.67. The lowest BCUT2D eigenvalue weighted by Crippen LogP contribution is -2.51. The second-order valence-corrected chi connectivity index (χ2v) is 9.62. The molecule has 0 radical (unpaired) electrons. The molecule has 2 saturated carbocycles. The maximum absolute atomic E-state index is 12.0. The molecule has 0 bridgehead atoms. The Hall–Kier alpha value is -1.64. The molecule has 1 heterocycles. The number of fused-ring (bicyclic) bond motifs is 6. The summed E-state index contributed by atoms with van der Waals surface area (Å²) in [6, 6.07) is 0. The number of hydrogen-bond donors (Lipinski definition) is 0. The number of rotatable bonds is 0. The van der Waals surface area contributed by atoms with Gasteiger partial charge < -0.3 is 4.74 Å². The minimum Gasteiger partial charge on any atom is -0.454 e. The molecular formula is C23H28O3. The van der Waals surface area contributed by atoms with Crippen molar-refractivity contribution >= 4 is 11.8 Å². The molecule has 1 spiro atoms. The van der Waals surface area contributed by atoms with Gasteiger partial charge in [-0.3, -0.25) is 9.59 Å². The van der Waals surface area contributed by atoms with E-state index < -0.39 is 5.60 Å². The molecule has 5 rings (SSSR count). The van der Waals surface area contributed by atoms with Crippen molar-refractivity contribution in [3.8, 4) is 0 Å². The van der Waals surface area contributed by atoms with Crippen molar-refractivity contribution in [1.82, 2.24) is 0 Å². The first kappa shape index (κ1) is 16.5. The number of hydrogen-bond acceptors (Lipinski definition) is 3. The maximum Gasteiger partial charge on any atom is 0.310 e. The lowest BCUT2D eigenvalue weighted by atomic mass is 9.50. The summed E-state index contributed by atoms with van der Waals surface area (Å²) < 4.78 is 6.00. The minimum atomic E-state index is -0.448. The smallest absolute Gasteiger partial charge is 0.310 e. The topological polar surface area (TPSA) is 43.4 Å². The molecule has 3 heteroatoms. The second-order valence-electron chi connectivity index (χ2n) is 9.62. The van der Waals surface area contributed by atoms with Gasteiger partial charge in [-0.25, -0.2) is 0 Å². The maximum atomic E-state index is 12.0. The molecule has 0 N–H and O–H groups in total. The highest BCUT2D eigenvalue weighted by Gasteiger charge is 2.66. The van der Waals surface area contributed by atoms with Gasteiger partial charge in [0.1, 0.15) is 5.60 Å². The third kappa shape index (κ3) is 1.80. The van der Waals surface area contributed by atoms with Crippen molar-refractivity contribution < 1.29 is 14.3 Å². The van der Waals surface area contributed by atoms with E-state index in [1.165, 1.54) is 5.57 Å². The zero-order valence-electron chi connectivity index (χ0n) is 15.9. The lowest BCUT2D eigenvalue weighted by Gasteiger charge is -2.54. The molecule has 26 heavy (non-hydrogen) atoms. The number of esters is 1. The summed E-state index contributed by atoms with van der Waals surface area (Å²) >= 11 is 0. The second kappa shape index (κ2) is 4.99. The third-order valence-electron chi connectivity index (χ3n) is 8.67. The van der Waals surface area contributed by atoms with Crippen LogP contribution < -0.4 is 0 Å². The Labute approximate surface area is 155 Å². The standard InChI is InChI=1S/C23H28O3/c1-14-12-20(25)26-23(14)11-8-19-17-5-4-15-13-16(24)6-9-21(15,2)18(17)7-10-22(19,23)3/h7,13,17,19H,1,4-6,8-12H2,2-3H3/t17?,19?,21?,22?,23-/m1/s1. The van der Waals surface area contributed by atoms with E-state index in [4.69, 9.17) is 4.74 Å². The van der Waals surface area contributed by atoms with Crippen molar-refractivity contribution in [2.24, 2.45) is 22.7 Å². The van der Waals surface area contributed by atoms with Gasteiger partial charge in [0.25, 0.3) is 0 Å². The van der Waals surface area contributed by atoms with Gasteiger partial charge >= 0.3 is 5.97 Å². The van der Waals surface area contributed by atoms with Crippen LogP contribution >= 0.6 is 0 Å². The first-order valence-corrected chi connectivity index (χ1v) is 10.1. The Kier molecular flexibility index (Phi) is 3.17. The Morgan fingerprint density at radius 3 is 2.69 bits per heavy atom. The van der Waals surface area contributed by atoms with Gasteiger partial charge in [-0.1, -0.05) is 37.6 Å². The quantitative estimate of drug-likeness (QED) is 0.470. The SMILES string of the molecule is C=C1CC(=O)O[C@]12CCC1C3CCC4=CC(=O)CCC4(C)C3=CCC12C. The largest absolute Gasteiger partial charge is 0.454 e. The van der Waals surface area contributed by atoms with Crippen LogP contribution in [0.1, 0.15) is 65.2 Å². The van der Waals surface area contributed by atoms with E-state index in [-0.39, 0.29) is 16.8 Å². The molecule has 1 aliphatic heterocycles. The fourth-order valence-electron chi connectivity index (χ4n) is 7.22. The number of carbonyl (C=O) groups excluding carboxylic acids is 2. The van der Waals surface area contributed by atoms with Crippen molar-refractivity contribution in [2.45, 2.75) is 70.8 Å². The molecule has 0 aromatic rings. The Balaban J connectivity index is 1.58. The molecule has 3 fully saturated rings. The van der Waals surface area contributed by atoms with Gasteiger partial charge in [-0.15, -0.1) is 0 Å². The van der Waals surface area contributed by atoms with Gasteiger partial charge in [0.05, 0.1) is 6.42 Å². The van der Waals surface area contributed by atoms with E-state index in [1.807, 2.05) is 6.08 Å². The summed E-state index contributed by atoms with van der Waals surface area (Å²) in [4.78, 5) is 24.0. The average molecular weight is 352 g/mol. The molecule has 1 saturated heterocycles. The molecule has 5 atom stereocenters. The summed E-state index contributed by atoms with van der Waals surface area (Å²) in [5.41, 5.74) is 3.50. The molecule has 0 aromatic carbocycles. The van der Waals surface area contributed by atoms with Crippen molar-refractivity contribution in [3.05, 3.63) is 35.5 Å². The number of ketones is 1. The van der Waals surface area contributed by atoms with E-state index in [2.05, 4.69) is 26.5 Å². The number of ether oxygens (including phenoxy) is 1. The van der Waals surface area contributed by atoms with Gasteiger partial charge in [-0.2, -0.15) is 0 Å². The summed E-state index contributed by atoms with van der Waals surface area (Å²) in [5, 5.41) is 0.